The van der Waals surface area contributed by atoms with Gasteiger partial charge in [0.2, 0.25) is 5.91 Å². The van der Waals surface area contributed by atoms with E-state index in [-0.39, 0.29) is 17.2 Å². The van der Waals surface area contributed by atoms with Crippen molar-refractivity contribution in [3.8, 4) is 5.75 Å². The second kappa shape index (κ2) is 8.89. The van der Waals surface area contributed by atoms with Crippen molar-refractivity contribution in [1.82, 2.24) is 10.3 Å². The fourth-order valence-corrected chi connectivity index (χ4v) is 3.52. The lowest BCUT2D eigenvalue weighted by molar-refractivity contribution is -0.274. The summed E-state index contributed by atoms with van der Waals surface area (Å²) < 4.78 is 55.8. The fraction of sp³-hybridized carbons (Fsp3) is 0.174. The molecule has 170 valence electrons. The normalized spacial score (nSPS) is 14.1. The molecule has 1 aromatic heterocycles. The molecule has 0 aliphatic carbocycles. The van der Waals surface area contributed by atoms with Gasteiger partial charge < -0.3 is 15.4 Å². The van der Waals surface area contributed by atoms with E-state index in [1.54, 1.807) is 12.1 Å². The molecule has 33 heavy (non-hydrogen) atoms. The van der Waals surface area contributed by atoms with Crippen LogP contribution in [-0.2, 0) is 11.2 Å². The summed E-state index contributed by atoms with van der Waals surface area (Å²) >= 11 is 0. The van der Waals surface area contributed by atoms with Gasteiger partial charge >= 0.3 is 6.36 Å². The Kier molecular flexibility index (Phi) is 5.99. The highest BCUT2D eigenvalue weighted by Crippen LogP contribution is 2.29. The molecular weight excluding hydrogens is 442 g/mol. The Labute approximate surface area is 185 Å². The number of ether oxygens (including phenoxy) is 1. The summed E-state index contributed by atoms with van der Waals surface area (Å²) in [6.45, 7) is 0. The molecule has 1 aliphatic rings. The van der Waals surface area contributed by atoms with Crippen molar-refractivity contribution in [2.24, 2.45) is 0 Å². The monoisotopic (exact) mass is 459 g/mol. The molecule has 0 bridgehead atoms. The van der Waals surface area contributed by atoms with Crippen LogP contribution < -0.4 is 15.4 Å². The summed E-state index contributed by atoms with van der Waals surface area (Å²) in [5, 5.41) is 5.42. The summed E-state index contributed by atoms with van der Waals surface area (Å²) in [5.74, 6) is -1.79. The third-order valence-electron chi connectivity index (χ3n) is 5.05. The number of carbonyl (C=O) groups is 2. The zero-order valence-electron chi connectivity index (χ0n) is 16.9. The maximum absolute atomic E-state index is 14.5. The minimum atomic E-state index is -4.85. The van der Waals surface area contributed by atoms with Crippen LogP contribution in [0.2, 0.25) is 0 Å². The van der Waals surface area contributed by atoms with Gasteiger partial charge in [0, 0.05) is 23.9 Å². The van der Waals surface area contributed by atoms with E-state index in [1.165, 1.54) is 36.5 Å². The molecule has 1 aliphatic heterocycles. The summed E-state index contributed by atoms with van der Waals surface area (Å²) in [7, 11) is 0. The topological polar surface area (TPSA) is 80.3 Å². The summed E-state index contributed by atoms with van der Waals surface area (Å²) in [6, 6.07) is 11.0. The maximum atomic E-state index is 14.5. The molecule has 0 spiro atoms. The van der Waals surface area contributed by atoms with Crippen LogP contribution in [0.5, 0.6) is 5.75 Å². The number of anilines is 1. The number of benzene rings is 2. The van der Waals surface area contributed by atoms with Gasteiger partial charge in [0.15, 0.2) is 0 Å². The van der Waals surface area contributed by atoms with Gasteiger partial charge in [-0.25, -0.2) is 4.39 Å². The number of fused-ring (bicyclic) bond motifs is 1. The van der Waals surface area contributed by atoms with Gasteiger partial charge in [-0.3, -0.25) is 14.6 Å². The first kappa shape index (κ1) is 22.3. The van der Waals surface area contributed by atoms with Crippen LogP contribution >= 0.6 is 0 Å². The first-order valence-electron chi connectivity index (χ1n) is 9.89. The van der Waals surface area contributed by atoms with Crippen LogP contribution in [0.1, 0.15) is 39.6 Å². The van der Waals surface area contributed by atoms with E-state index in [0.29, 0.717) is 24.1 Å². The fourth-order valence-electron chi connectivity index (χ4n) is 3.52. The predicted molar refractivity (Wildman–Crippen MR) is 110 cm³/mol. The van der Waals surface area contributed by atoms with E-state index in [0.717, 1.165) is 17.7 Å². The molecule has 0 saturated heterocycles. The molecule has 0 fully saturated rings. The number of hydrogen-bond acceptors (Lipinski definition) is 4. The minimum Gasteiger partial charge on any atom is -0.406 e. The van der Waals surface area contributed by atoms with Gasteiger partial charge in [-0.1, -0.05) is 12.1 Å². The highest BCUT2D eigenvalue weighted by molar-refractivity contribution is 5.98. The Morgan fingerprint density at radius 2 is 1.85 bits per heavy atom. The predicted octanol–water partition coefficient (Wildman–Crippen LogP) is 4.52. The number of rotatable bonds is 5. The molecule has 4 rings (SSSR count). The highest BCUT2D eigenvalue weighted by atomic mass is 19.4. The van der Waals surface area contributed by atoms with Crippen molar-refractivity contribution in [2.75, 3.05) is 5.32 Å². The van der Waals surface area contributed by atoms with Gasteiger partial charge in [0.05, 0.1) is 6.04 Å². The van der Waals surface area contributed by atoms with Crippen molar-refractivity contribution < 1.29 is 31.9 Å². The Hall–Kier alpha value is -3.95. The van der Waals surface area contributed by atoms with Crippen LogP contribution in [0.25, 0.3) is 0 Å². The van der Waals surface area contributed by atoms with E-state index in [4.69, 9.17) is 0 Å². The molecule has 1 atom stereocenters. The van der Waals surface area contributed by atoms with Crippen LogP contribution in [0, 0.1) is 5.82 Å². The third kappa shape index (κ3) is 5.28. The molecule has 2 N–H and O–H groups in total. The van der Waals surface area contributed by atoms with E-state index in [2.05, 4.69) is 20.4 Å². The lowest BCUT2D eigenvalue weighted by Crippen LogP contribution is -2.31. The molecule has 0 saturated carbocycles. The second-order valence-corrected chi connectivity index (χ2v) is 7.31. The standard InChI is InChI=1S/C23H17F4N3O3/c24-17-2-1-11-28-21(17)20(13-3-7-16(8-4-13)33-23(25,26)27)30-22(32)15-5-9-18-14(12-15)6-10-19(31)29-18/h1-5,7-9,11-12,20H,6,10H2,(H,29,31)(H,30,32). The van der Waals surface area contributed by atoms with Gasteiger partial charge in [-0.05, 0) is 60.0 Å². The molecule has 10 heteroatoms. The molecule has 2 amide bonds. The Balaban J connectivity index is 1.63. The zero-order valence-corrected chi connectivity index (χ0v) is 16.9. The Morgan fingerprint density at radius 1 is 1.09 bits per heavy atom. The number of alkyl halides is 3. The molecule has 3 aromatic rings. The lowest BCUT2D eigenvalue weighted by Gasteiger charge is -2.21. The average molecular weight is 459 g/mol. The van der Waals surface area contributed by atoms with E-state index in [9.17, 15) is 27.2 Å². The molecule has 2 heterocycles. The number of pyridine rings is 1. The molecule has 0 radical (unpaired) electrons. The van der Waals surface area contributed by atoms with Crippen molar-refractivity contribution >= 4 is 17.5 Å². The molecule has 1 unspecified atom stereocenters. The highest BCUT2D eigenvalue weighted by Gasteiger charge is 2.31. The third-order valence-corrected chi connectivity index (χ3v) is 5.05. The Morgan fingerprint density at radius 3 is 2.55 bits per heavy atom. The number of carbonyl (C=O) groups excluding carboxylic acids is 2. The van der Waals surface area contributed by atoms with Crippen molar-refractivity contribution in [2.45, 2.75) is 25.2 Å². The zero-order chi connectivity index (χ0) is 23.6. The van der Waals surface area contributed by atoms with Crippen LogP contribution in [0.4, 0.5) is 23.2 Å². The number of amides is 2. The average Bonchev–Trinajstić information content (AvgIpc) is 2.77. The van der Waals surface area contributed by atoms with E-state index in [1.807, 2.05) is 0 Å². The van der Waals surface area contributed by atoms with E-state index >= 15 is 0 Å². The van der Waals surface area contributed by atoms with Crippen LogP contribution in [0.3, 0.4) is 0 Å². The van der Waals surface area contributed by atoms with Gasteiger partial charge in [0.25, 0.3) is 5.91 Å². The van der Waals surface area contributed by atoms with Crippen molar-refractivity contribution in [3.63, 3.8) is 0 Å². The quantitative estimate of drug-likeness (QED) is 0.550. The number of nitrogens with zero attached hydrogens (tertiary/aromatic N) is 1. The SMILES string of the molecule is O=C1CCc2cc(C(=O)NC(c3ccc(OC(F)(F)F)cc3)c3ncccc3F)ccc2N1. The first-order valence-corrected chi connectivity index (χ1v) is 9.89. The second-order valence-electron chi connectivity index (χ2n) is 7.31. The van der Waals surface area contributed by atoms with Crippen LogP contribution in [-0.4, -0.2) is 23.2 Å². The smallest absolute Gasteiger partial charge is 0.406 e. The molecule has 2 aromatic carbocycles. The van der Waals surface area contributed by atoms with Gasteiger partial charge in [-0.15, -0.1) is 13.2 Å². The molecular formula is C23H17F4N3O3. The maximum Gasteiger partial charge on any atom is 0.573 e. The first-order chi connectivity index (χ1) is 15.7. The van der Waals surface area contributed by atoms with Crippen molar-refractivity contribution in [3.05, 3.63) is 89.0 Å². The largest absolute Gasteiger partial charge is 0.573 e. The number of aromatic nitrogens is 1. The van der Waals surface area contributed by atoms with Gasteiger partial charge in [0.1, 0.15) is 17.3 Å². The number of halogens is 4. The van der Waals surface area contributed by atoms with E-state index < -0.39 is 29.9 Å². The van der Waals surface area contributed by atoms with Crippen LogP contribution in [0.15, 0.2) is 60.8 Å². The lowest BCUT2D eigenvalue weighted by atomic mass is 9.99. The number of nitrogens with one attached hydrogen (secondary N) is 2. The summed E-state index contributed by atoms with van der Waals surface area (Å²) in [6.07, 6.45) is -2.73. The minimum absolute atomic E-state index is 0.0967. The molecule has 6 nitrogen and oxygen atoms in total. The Bertz CT molecular complexity index is 1200. The summed E-state index contributed by atoms with van der Waals surface area (Å²) in [5.41, 5.74) is 1.90. The van der Waals surface area contributed by atoms with Crippen molar-refractivity contribution in [1.29, 1.82) is 0 Å². The van der Waals surface area contributed by atoms with Gasteiger partial charge in [-0.2, -0.15) is 0 Å². The number of aryl methyl sites for hydroxylation is 1. The summed E-state index contributed by atoms with van der Waals surface area (Å²) in [4.78, 5) is 28.5. The number of hydrogen-bond donors (Lipinski definition) is 2.